The van der Waals surface area contributed by atoms with Crippen molar-refractivity contribution in [2.24, 2.45) is 0 Å². The van der Waals surface area contributed by atoms with Gasteiger partial charge in [0, 0.05) is 11.3 Å². The second-order valence-corrected chi connectivity index (χ2v) is 5.47. The van der Waals surface area contributed by atoms with Crippen LogP contribution in [0.15, 0.2) is 24.3 Å². The van der Waals surface area contributed by atoms with Crippen molar-refractivity contribution in [1.29, 1.82) is 0 Å². The molecule has 1 N–H and O–H groups in total. The van der Waals surface area contributed by atoms with Crippen molar-refractivity contribution in [2.45, 2.75) is 45.2 Å². The number of hydrogen-bond acceptors (Lipinski definition) is 3. The maximum atomic E-state index is 10.3. The van der Waals surface area contributed by atoms with E-state index < -0.39 is 0 Å². The number of carbonyl (C=O) groups is 1. The fraction of sp³-hybridized carbons (Fsp3) is 0.500. The summed E-state index contributed by atoms with van der Waals surface area (Å²) in [5.41, 5.74) is 1.03. The summed E-state index contributed by atoms with van der Waals surface area (Å²) in [5.74, 6) is 0. The number of nitrogens with one attached hydrogen (secondary N) is 1. The molecule has 1 aliphatic heterocycles. The molecule has 0 radical (unpaired) electrons. The molecule has 0 aliphatic carbocycles. The number of amides is 1. The van der Waals surface area contributed by atoms with Gasteiger partial charge in [0.2, 0.25) is 6.41 Å². The van der Waals surface area contributed by atoms with E-state index in [9.17, 15) is 4.79 Å². The van der Waals surface area contributed by atoms with Crippen LogP contribution in [0.25, 0.3) is 0 Å². The van der Waals surface area contributed by atoms with Crippen LogP contribution < -0.4 is 5.32 Å². The first-order valence-corrected chi connectivity index (χ1v) is 6.01. The number of benzene rings is 1. The summed E-state index contributed by atoms with van der Waals surface area (Å²) >= 11 is 0. The van der Waals surface area contributed by atoms with E-state index in [4.69, 9.17) is 9.47 Å². The van der Waals surface area contributed by atoms with Crippen molar-refractivity contribution in [3.63, 3.8) is 0 Å². The molecule has 0 atom stereocenters. The fourth-order valence-electron chi connectivity index (χ4n) is 1.78. The Morgan fingerprint density at radius 1 is 1.06 bits per heavy atom. The van der Waals surface area contributed by atoms with Crippen molar-refractivity contribution in [3.8, 4) is 0 Å². The third-order valence-electron chi connectivity index (χ3n) is 3.66. The summed E-state index contributed by atoms with van der Waals surface area (Å²) in [6.07, 6.45) is 0.296. The average Bonchev–Trinajstić information content (AvgIpc) is 2.50. The Morgan fingerprint density at radius 2 is 1.56 bits per heavy atom. The second-order valence-electron chi connectivity index (χ2n) is 5.47. The van der Waals surface area contributed by atoms with Gasteiger partial charge in [0.25, 0.3) is 0 Å². The van der Waals surface area contributed by atoms with Crippen LogP contribution >= 0.6 is 0 Å². The molecule has 18 heavy (non-hydrogen) atoms. The summed E-state index contributed by atoms with van der Waals surface area (Å²) in [7, 11) is 0. The molecule has 0 saturated carbocycles. The first-order valence-electron chi connectivity index (χ1n) is 6.01. The van der Waals surface area contributed by atoms with Crippen molar-refractivity contribution < 1.29 is 14.3 Å². The Labute approximate surface area is 107 Å². The Morgan fingerprint density at radius 3 is 2.00 bits per heavy atom. The standard InChI is InChI=1S/C14H19NO3/c1-13(2)14(3,4)18-12(17-13)10-5-7-11(8-6-10)15-9-16/h5-9,12H,1-4H3,(H,15,16). The van der Waals surface area contributed by atoms with Crippen molar-refractivity contribution in [1.82, 2.24) is 0 Å². The van der Waals surface area contributed by atoms with Crippen LogP contribution in [-0.2, 0) is 14.3 Å². The van der Waals surface area contributed by atoms with Gasteiger partial charge in [0.05, 0.1) is 11.2 Å². The fourth-order valence-corrected chi connectivity index (χ4v) is 1.78. The van der Waals surface area contributed by atoms with E-state index in [1.54, 1.807) is 0 Å². The second kappa shape index (κ2) is 4.37. The Balaban J connectivity index is 2.17. The normalized spacial score (nSPS) is 21.8. The highest BCUT2D eigenvalue weighted by molar-refractivity contribution is 5.71. The van der Waals surface area contributed by atoms with Gasteiger partial charge in [0.1, 0.15) is 0 Å². The van der Waals surface area contributed by atoms with Gasteiger partial charge < -0.3 is 14.8 Å². The molecule has 1 heterocycles. The van der Waals surface area contributed by atoms with Crippen LogP contribution in [0.2, 0.25) is 0 Å². The maximum Gasteiger partial charge on any atom is 0.211 e. The SMILES string of the molecule is CC1(C)OC(c2ccc(NC=O)cc2)OC1(C)C. The molecule has 0 aromatic heterocycles. The van der Waals surface area contributed by atoms with Gasteiger partial charge in [-0.1, -0.05) is 12.1 Å². The molecule has 4 nitrogen and oxygen atoms in total. The topological polar surface area (TPSA) is 47.6 Å². The molecule has 1 saturated heterocycles. The lowest BCUT2D eigenvalue weighted by molar-refractivity contribution is -0.105. The molecule has 0 bridgehead atoms. The molecule has 1 aromatic rings. The lowest BCUT2D eigenvalue weighted by Crippen LogP contribution is -2.41. The molecular weight excluding hydrogens is 230 g/mol. The van der Waals surface area contributed by atoms with E-state index in [0.717, 1.165) is 11.3 Å². The van der Waals surface area contributed by atoms with Gasteiger partial charge >= 0.3 is 0 Å². The van der Waals surface area contributed by atoms with Crippen LogP contribution in [-0.4, -0.2) is 17.6 Å². The van der Waals surface area contributed by atoms with E-state index in [1.807, 2.05) is 52.0 Å². The van der Waals surface area contributed by atoms with E-state index in [1.165, 1.54) is 0 Å². The van der Waals surface area contributed by atoms with E-state index in [0.29, 0.717) is 6.41 Å². The summed E-state index contributed by atoms with van der Waals surface area (Å²) < 4.78 is 11.9. The van der Waals surface area contributed by atoms with Crippen LogP contribution in [0.5, 0.6) is 0 Å². The molecule has 1 amide bonds. The summed E-state index contributed by atoms with van der Waals surface area (Å²) in [5, 5.41) is 2.60. The average molecular weight is 249 g/mol. The summed E-state index contributed by atoms with van der Waals surface area (Å²) in [6.45, 7) is 8.09. The number of hydrogen-bond donors (Lipinski definition) is 1. The van der Waals surface area contributed by atoms with Crippen LogP contribution in [0.1, 0.15) is 39.5 Å². The predicted molar refractivity (Wildman–Crippen MR) is 69.2 cm³/mol. The lowest BCUT2D eigenvalue weighted by atomic mass is 9.90. The zero-order valence-electron chi connectivity index (χ0n) is 11.2. The molecular formula is C14H19NO3. The molecule has 1 aliphatic rings. The first-order chi connectivity index (χ1) is 8.36. The van der Waals surface area contributed by atoms with Gasteiger partial charge in [-0.05, 0) is 39.8 Å². The molecule has 1 aromatic carbocycles. The van der Waals surface area contributed by atoms with Gasteiger partial charge in [-0.3, -0.25) is 4.79 Å². The van der Waals surface area contributed by atoms with E-state index >= 15 is 0 Å². The van der Waals surface area contributed by atoms with Gasteiger partial charge in [-0.2, -0.15) is 0 Å². The highest BCUT2D eigenvalue weighted by atomic mass is 16.7. The molecule has 2 rings (SSSR count). The Bertz CT molecular complexity index is 421. The quantitative estimate of drug-likeness (QED) is 0.838. The van der Waals surface area contributed by atoms with Crippen molar-refractivity contribution in [3.05, 3.63) is 29.8 Å². The lowest BCUT2D eigenvalue weighted by Gasteiger charge is -2.30. The number of ether oxygens (including phenoxy) is 2. The first kappa shape index (κ1) is 13.1. The zero-order valence-corrected chi connectivity index (χ0v) is 11.2. The molecule has 1 fully saturated rings. The zero-order chi connectivity index (χ0) is 13.4. The van der Waals surface area contributed by atoms with Crippen molar-refractivity contribution >= 4 is 12.1 Å². The highest BCUT2D eigenvalue weighted by Gasteiger charge is 2.49. The smallest absolute Gasteiger partial charge is 0.211 e. The molecule has 0 spiro atoms. The number of anilines is 1. The molecule has 4 heteroatoms. The Hall–Kier alpha value is -1.39. The van der Waals surface area contributed by atoms with E-state index in [-0.39, 0.29) is 17.5 Å². The minimum absolute atomic E-state index is 0.336. The largest absolute Gasteiger partial charge is 0.339 e. The third kappa shape index (κ3) is 2.26. The summed E-state index contributed by atoms with van der Waals surface area (Å²) in [6, 6.07) is 7.45. The molecule has 98 valence electrons. The van der Waals surface area contributed by atoms with E-state index in [2.05, 4.69) is 5.32 Å². The summed E-state index contributed by atoms with van der Waals surface area (Å²) in [4.78, 5) is 10.3. The predicted octanol–water partition coefficient (Wildman–Crippen LogP) is 2.86. The monoisotopic (exact) mass is 249 g/mol. The van der Waals surface area contributed by atoms with Gasteiger partial charge in [-0.15, -0.1) is 0 Å². The van der Waals surface area contributed by atoms with Gasteiger partial charge in [-0.25, -0.2) is 0 Å². The minimum Gasteiger partial charge on any atom is -0.339 e. The molecule has 0 unspecified atom stereocenters. The maximum absolute atomic E-state index is 10.3. The highest BCUT2D eigenvalue weighted by Crippen LogP contribution is 2.44. The third-order valence-corrected chi connectivity index (χ3v) is 3.66. The van der Waals surface area contributed by atoms with Crippen LogP contribution in [0.3, 0.4) is 0 Å². The van der Waals surface area contributed by atoms with Crippen molar-refractivity contribution in [2.75, 3.05) is 5.32 Å². The van der Waals surface area contributed by atoms with Crippen LogP contribution in [0.4, 0.5) is 5.69 Å². The number of carbonyl (C=O) groups excluding carboxylic acids is 1. The van der Waals surface area contributed by atoms with Crippen LogP contribution in [0, 0.1) is 0 Å². The Kier molecular flexibility index (Phi) is 3.17. The number of rotatable bonds is 3. The minimum atomic E-state index is -0.361. The van der Waals surface area contributed by atoms with Gasteiger partial charge in [0.15, 0.2) is 6.29 Å².